The number of H-pyrrole nitrogens is 1. The summed E-state index contributed by atoms with van der Waals surface area (Å²) >= 11 is 0. The Bertz CT molecular complexity index is 250. The molecule has 0 spiro atoms. The van der Waals surface area contributed by atoms with Gasteiger partial charge < -0.3 is 9.42 Å². The molecular weight excluding hydrogens is 132 g/mol. The van der Waals surface area contributed by atoms with Crippen LogP contribution in [0.1, 0.15) is 6.92 Å². The fourth-order valence-electron chi connectivity index (χ4n) is 0.686. The summed E-state index contributed by atoms with van der Waals surface area (Å²) in [6, 6.07) is 0. The normalized spacial score (nSPS) is 9.80. The maximum atomic E-state index is 10.8. The molecule has 0 radical (unpaired) electrons. The Labute approximate surface area is 58.4 Å². The van der Waals surface area contributed by atoms with Crippen LogP contribution in [0.25, 0.3) is 0 Å². The van der Waals surface area contributed by atoms with Gasteiger partial charge in [-0.25, -0.2) is 9.95 Å². The third-order valence-corrected chi connectivity index (χ3v) is 1.44. The van der Waals surface area contributed by atoms with Crippen LogP contribution in [-0.4, -0.2) is 18.7 Å². The highest BCUT2D eigenvalue weighted by Gasteiger charge is 2.04. The van der Waals surface area contributed by atoms with Gasteiger partial charge in [-0.1, -0.05) is 0 Å². The van der Waals surface area contributed by atoms with E-state index in [9.17, 15) is 4.79 Å². The van der Waals surface area contributed by atoms with Gasteiger partial charge in [0.1, 0.15) is 5.69 Å². The first-order chi connectivity index (χ1) is 4.75. The Kier molecular flexibility index (Phi) is 1.80. The summed E-state index contributed by atoms with van der Waals surface area (Å²) < 4.78 is 4.47. The second-order valence-corrected chi connectivity index (χ2v) is 2.05. The van der Waals surface area contributed by atoms with E-state index in [1.807, 2.05) is 18.9 Å². The summed E-state index contributed by atoms with van der Waals surface area (Å²) in [7, 11) is 1.83. The number of hydrogen-bond donors (Lipinski definition) is 1. The van der Waals surface area contributed by atoms with Crippen molar-refractivity contribution in [2.24, 2.45) is 0 Å². The molecule has 1 aromatic rings. The number of anilines is 1. The van der Waals surface area contributed by atoms with Crippen LogP contribution in [0, 0.1) is 0 Å². The summed E-state index contributed by atoms with van der Waals surface area (Å²) in [4.78, 5) is 12.6. The molecule has 0 fully saturated rings. The molecule has 4 nitrogen and oxygen atoms in total. The smallest absolute Gasteiger partial charge is 0.368 e. The third kappa shape index (κ3) is 1.05. The fraction of sp³-hybridized carbons (Fsp3) is 0.500. The Hall–Kier alpha value is -1.19. The van der Waals surface area contributed by atoms with Gasteiger partial charge in [0, 0.05) is 13.6 Å². The van der Waals surface area contributed by atoms with Crippen LogP contribution in [0.4, 0.5) is 5.69 Å². The molecule has 0 amide bonds. The fourth-order valence-corrected chi connectivity index (χ4v) is 0.686. The van der Waals surface area contributed by atoms with Gasteiger partial charge in [-0.3, -0.25) is 0 Å². The van der Waals surface area contributed by atoms with Crippen LogP contribution >= 0.6 is 0 Å². The van der Waals surface area contributed by atoms with Crippen LogP contribution < -0.4 is 10.5 Å². The first kappa shape index (κ1) is 6.92. The molecule has 0 unspecified atom stereocenters. The summed E-state index contributed by atoms with van der Waals surface area (Å²) in [5, 5.41) is 2.38. The average Bonchev–Trinajstić information content (AvgIpc) is 2.34. The number of aromatic amines is 1. The molecule has 0 saturated carbocycles. The SMILES string of the molecule is CCN(C)c1c[nH]oc1=O. The number of aromatic nitrogens is 1. The molecule has 4 heteroatoms. The van der Waals surface area contributed by atoms with E-state index >= 15 is 0 Å². The predicted molar refractivity (Wildman–Crippen MR) is 38.3 cm³/mol. The highest BCUT2D eigenvalue weighted by atomic mass is 16.5. The van der Waals surface area contributed by atoms with Crippen molar-refractivity contribution in [3.05, 3.63) is 16.6 Å². The maximum Gasteiger partial charge on any atom is 0.380 e. The summed E-state index contributed by atoms with van der Waals surface area (Å²) in [5.74, 6) is 0. The van der Waals surface area contributed by atoms with Crippen LogP contribution in [-0.2, 0) is 0 Å². The van der Waals surface area contributed by atoms with Crippen molar-refractivity contribution in [3.8, 4) is 0 Å². The zero-order chi connectivity index (χ0) is 7.56. The Morgan fingerprint density at radius 1 is 1.80 bits per heavy atom. The first-order valence-electron chi connectivity index (χ1n) is 3.13. The average molecular weight is 142 g/mol. The Morgan fingerprint density at radius 2 is 2.50 bits per heavy atom. The molecule has 0 aromatic carbocycles. The minimum atomic E-state index is -0.315. The van der Waals surface area contributed by atoms with Crippen molar-refractivity contribution in [2.45, 2.75) is 6.92 Å². The first-order valence-corrected chi connectivity index (χ1v) is 3.13. The van der Waals surface area contributed by atoms with Crippen molar-refractivity contribution < 1.29 is 4.52 Å². The van der Waals surface area contributed by atoms with Crippen LogP contribution in [0.15, 0.2) is 15.5 Å². The van der Waals surface area contributed by atoms with E-state index in [-0.39, 0.29) is 5.63 Å². The Morgan fingerprint density at radius 3 is 2.90 bits per heavy atom. The highest BCUT2D eigenvalue weighted by Crippen LogP contribution is 2.01. The molecule has 10 heavy (non-hydrogen) atoms. The van der Waals surface area contributed by atoms with Crippen molar-refractivity contribution >= 4 is 5.69 Å². The molecule has 0 aliphatic rings. The van der Waals surface area contributed by atoms with Gasteiger partial charge in [0.15, 0.2) is 0 Å². The number of nitrogens with zero attached hydrogens (tertiary/aromatic N) is 1. The predicted octanol–water partition coefficient (Wildman–Crippen LogP) is 0.424. The largest absolute Gasteiger partial charge is 0.380 e. The van der Waals surface area contributed by atoms with Gasteiger partial charge in [-0.15, -0.1) is 0 Å². The van der Waals surface area contributed by atoms with E-state index in [0.717, 1.165) is 6.54 Å². The Balaban J connectivity index is 2.93. The zero-order valence-corrected chi connectivity index (χ0v) is 6.05. The van der Waals surface area contributed by atoms with Gasteiger partial charge in [0.05, 0.1) is 6.20 Å². The van der Waals surface area contributed by atoms with Gasteiger partial charge >= 0.3 is 5.63 Å². The molecule has 1 heterocycles. The highest BCUT2D eigenvalue weighted by molar-refractivity contribution is 5.39. The lowest BCUT2D eigenvalue weighted by molar-refractivity contribution is 0.391. The van der Waals surface area contributed by atoms with Crippen molar-refractivity contribution in [3.63, 3.8) is 0 Å². The van der Waals surface area contributed by atoms with Gasteiger partial charge in [0.25, 0.3) is 0 Å². The molecule has 1 aromatic heterocycles. The van der Waals surface area contributed by atoms with E-state index in [4.69, 9.17) is 0 Å². The van der Waals surface area contributed by atoms with E-state index in [1.54, 1.807) is 6.20 Å². The molecule has 0 aliphatic carbocycles. The van der Waals surface area contributed by atoms with E-state index < -0.39 is 0 Å². The summed E-state index contributed by atoms with van der Waals surface area (Å²) in [6.45, 7) is 2.76. The molecule has 1 N–H and O–H groups in total. The monoisotopic (exact) mass is 142 g/mol. The second-order valence-electron chi connectivity index (χ2n) is 2.05. The minimum absolute atomic E-state index is 0.315. The topological polar surface area (TPSA) is 49.2 Å². The lowest BCUT2D eigenvalue weighted by Crippen LogP contribution is -2.20. The number of nitrogens with one attached hydrogen (secondary N) is 1. The van der Waals surface area contributed by atoms with Gasteiger partial charge in [-0.05, 0) is 6.92 Å². The van der Waals surface area contributed by atoms with Crippen LogP contribution in [0.5, 0.6) is 0 Å². The molecule has 56 valence electrons. The third-order valence-electron chi connectivity index (χ3n) is 1.44. The number of hydrogen-bond acceptors (Lipinski definition) is 3. The zero-order valence-electron chi connectivity index (χ0n) is 6.05. The van der Waals surface area contributed by atoms with Crippen LogP contribution in [0.3, 0.4) is 0 Å². The maximum absolute atomic E-state index is 10.8. The second kappa shape index (κ2) is 2.60. The lowest BCUT2D eigenvalue weighted by Gasteiger charge is -2.10. The number of rotatable bonds is 2. The van der Waals surface area contributed by atoms with Crippen LogP contribution in [0.2, 0.25) is 0 Å². The molecule has 0 aliphatic heterocycles. The standard InChI is InChI=1S/C6H10N2O2/c1-3-8(2)5-4-7-10-6(5)9/h4,7H,3H2,1-2H3. The quantitative estimate of drug-likeness (QED) is 0.651. The van der Waals surface area contributed by atoms with E-state index in [2.05, 4.69) is 9.68 Å². The lowest BCUT2D eigenvalue weighted by atomic mass is 10.5. The molecule has 1 rings (SSSR count). The van der Waals surface area contributed by atoms with E-state index in [1.165, 1.54) is 0 Å². The molecule has 0 saturated heterocycles. The van der Waals surface area contributed by atoms with Gasteiger partial charge in [0.2, 0.25) is 0 Å². The summed E-state index contributed by atoms with van der Waals surface area (Å²) in [5.41, 5.74) is 0.256. The minimum Gasteiger partial charge on any atom is -0.368 e. The molecule has 0 bridgehead atoms. The molecular formula is C6H10N2O2. The van der Waals surface area contributed by atoms with Crippen molar-refractivity contribution in [1.29, 1.82) is 0 Å². The van der Waals surface area contributed by atoms with Crippen molar-refractivity contribution in [1.82, 2.24) is 5.16 Å². The van der Waals surface area contributed by atoms with E-state index in [0.29, 0.717) is 5.69 Å². The molecule has 0 atom stereocenters. The van der Waals surface area contributed by atoms with Gasteiger partial charge in [-0.2, -0.15) is 0 Å². The van der Waals surface area contributed by atoms with Crippen molar-refractivity contribution in [2.75, 3.05) is 18.5 Å². The summed E-state index contributed by atoms with van der Waals surface area (Å²) in [6.07, 6.45) is 1.55.